The molecule has 0 saturated carbocycles. The van der Waals surface area contributed by atoms with Crippen LogP contribution in [0.2, 0.25) is 0 Å². The van der Waals surface area contributed by atoms with Crippen LogP contribution in [0.25, 0.3) is 0 Å². The summed E-state index contributed by atoms with van der Waals surface area (Å²) in [5.41, 5.74) is 1.32. The van der Waals surface area contributed by atoms with Crippen molar-refractivity contribution in [2.24, 2.45) is 5.92 Å². The summed E-state index contributed by atoms with van der Waals surface area (Å²) in [5, 5.41) is 0. The van der Waals surface area contributed by atoms with Gasteiger partial charge in [-0.05, 0) is 36.8 Å². The van der Waals surface area contributed by atoms with Gasteiger partial charge in [-0.2, -0.15) is 0 Å². The molecule has 3 aliphatic heterocycles. The number of likely N-dealkylation sites (tertiary alicyclic amines) is 1. The van der Waals surface area contributed by atoms with Crippen molar-refractivity contribution in [3.63, 3.8) is 0 Å². The van der Waals surface area contributed by atoms with E-state index in [9.17, 15) is 0 Å². The maximum absolute atomic E-state index is 6.22. The molecule has 0 aliphatic carbocycles. The average Bonchev–Trinajstić information content (AvgIpc) is 2.99. The molecule has 0 N–H and O–H groups in total. The molecule has 126 valence electrons. The monoisotopic (exact) mass is 334 g/mol. The van der Waals surface area contributed by atoms with Gasteiger partial charge in [0.25, 0.3) is 0 Å². The third-order valence-corrected chi connectivity index (χ3v) is 6.81. The minimum Gasteiger partial charge on any atom is -0.381 e. The fraction of sp³-hybridized carbons (Fsp3) is 0.722. The van der Waals surface area contributed by atoms with E-state index in [-0.39, 0.29) is 0 Å². The molecule has 4 heterocycles. The van der Waals surface area contributed by atoms with Gasteiger partial charge in [-0.1, -0.05) is 6.07 Å². The third kappa shape index (κ3) is 3.90. The molecule has 0 bridgehead atoms. The Morgan fingerprint density at radius 2 is 2.22 bits per heavy atom. The molecular formula is C18H26N2O2S. The van der Waals surface area contributed by atoms with E-state index in [0.29, 0.717) is 16.8 Å². The Morgan fingerprint density at radius 3 is 3.00 bits per heavy atom. The van der Waals surface area contributed by atoms with E-state index in [4.69, 9.17) is 9.47 Å². The molecule has 23 heavy (non-hydrogen) atoms. The van der Waals surface area contributed by atoms with E-state index in [1.165, 1.54) is 43.7 Å². The van der Waals surface area contributed by atoms with Crippen LogP contribution >= 0.6 is 11.8 Å². The molecule has 0 radical (unpaired) electrons. The van der Waals surface area contributed by atoms with Crippen LogP contribution in [0, 0.1) is 5.92 Å². The van der Waals surface area contributed by atoms with Gasteiger partial charge in [0.05, 0.1) is 6.10 Å². The zero-order valence-corrected chi connectivity index (χ0v) is 14.5. The number of hydrogen-bond acceptors (Lipinski definition) is 5. The summed E-state index contributed by atoms with van der Waals surface area (Å²) in [5.74, 6) is 1.89. The summed E-state index contributed by atoms with van der Waals surface area (Å²) in [7, 11) is 0. The van der Waals surface area contributed by atoms with Crippen molar-refractivity contribution < 1.29 is 9.47 Å². The van der Waals surface area contributed by atoms with Gasteiger partial charge in [0.15, 0.2) is 0 Å². The van der Waals surface area contributed by atoms with E-state index in [0.717, 1.165) is 26.4 Å². The van der Waals surface area contributed by atoms with Gasteiger partial charge in [-0.25, -0.2) is 0 Å². The average molecular weight is 334 g/mol. The first-order valence-electron chi connectivity index (χ1n) is 8.76. The van der Waals surface area contributed by atoms with Crippen LogP contribution in [0.15, 0.2) is 24.5 Å². The van der Waals surface area contributed by atoms with Crippen LogP contribution in [0.3, 0.4) is 0 Å². The second-order valence-electron chi connectivity index (χ2n) is 7.22. The largest absolute Gasteiger partial charge is 0.381 e. The van der Waals surface area contributed by atoms with Gasteiger partial charge in [-0.3, -0.25) is 9.88 Å². The van der Waals surface area contributed by atoms with Gasteiger partial charge in [0.1, 0.15) is 0 Å². The molecule has 4 rings (SSSR count). The van der Waals surface area contributed by atoms with Crippen LogP contribution in [0.1, 0.15) is 24.8 Å². The van der Waals surface area contributed by atoms with Gasteiger partial charge in [0, 0.05) is 62.3 Å². The molecule has 1 aromatic heterocycles. The fourth-order valence-corrected chi connectivity index (χ4v) is 5.55. The molecule has 3 saturated heterocycles. The van der Waals surface area contributed by atoms with E-state index in [1.54, 1.807) is 0 Å². The quantitative estimate of drug-likeness (QED) is 0.827. The molecule has 5 heteroatoms. The predicted molar refractivity (Wildman–Crippen MR) is 92.6 cm³/mol. The Hall–Kier alpha value is -0.620. The van der Waals surface area contributed by atoms with Crippen molar-refractivity contribution in [2.45, 2.75) is 36.7 Å². The first kappa shape index (κ1) is 15.9. The number of hydrogen-bond donors (Lipinski definition) is 0. The standard InChI is InChI=1S/C18H26N2O2S/c1-2-16(9-19-5-1)10-20-13-18(14-20)8-17(12-23-18)22-11-15-3-6-21-7-4-15/h1-2,5,9,15,17H,3-4,6-8,10-14H2/t17-/m1/s1. The SMILES string of the molecule is c1cncc(CN2CC3(C[C@@H](OCC4CCOCC4)CS3)C2)c1. The highest BCUT2D eigenvalue weighted by atomic mass is 32.2. The molecule has 4 nitrogen and oxygen atoms in total. The first-order chi connectivity index (χ1) is 11.3. The Balaban J connectivity index is 1.19. The topological polar surface area (TPSA) is 34.6 Å². The highest BCUT2D eigenvalue weighted by molar-refractivity contribution is 8.01. The number of ether oxygens (including phenoxy) is 2. The fourth-order valence-electron chi connectivity index (χ4n) is 3.95. The predicted octanol–water partition coefficient (Wildman–Crippen LogP) is 2.58. The lowest BCUT2D eigenvalue weighted by Gasteiger charge is -2.47. The first-order valence-corrected chi connectivity index (χ1v) is 9.74. The second-order valence-corrected chi connectivity index (χ2v) is 8.70. The Morgan fingerprint density at radius 1 is 1.35 bits per heavy atom. The summed E-state index contributed by atoms with van der Waals surface area (Å²) in [6.45, 7) is 6.20. The molecule has 3 aliphatic rings. The summed E-state index contributed by atoms with van der Waals surface area (Å²) in [6.07, 6.45) is 7.85. The Kier molecular flexibility index (Phi) is 4.90. The molecule has 3 fully saturated rings. The van der Waals surface area contributed by atoms with Crippen molar-refractivity contribution >= 4 is 11.8 Å². The summed E-state index contributed by atoms with van der Waals surface area (Å²) >= 11 is 2.13. The smallest absolute Gasteiger partial charge is 0.0680 e. The van der Waals surface area contributed by atoms with Crippen LogP contribution < -0.4 is 0 Å². The lowest BCUT2D eigenvalue weighted by Crippen LogP contribution is -2.58. The van der Waals surface area contributed by atoms with E-state index < -0.39 is 0 Å². The van der Waals surface area contributed by atoms with E-state index >= 15 is 0 Å². The lowest BCUT2D eigenvalue weighted by atomic mass is 9.92. The highest BCUT2D eigenvalue weighted by Crippen LogP contribution is 2.46. The number of rotatable bonds is 5. The van der Waals surface area contributed by atoms with Crippen LogP contribution in [0.4, 0.5) is 0 Å². The number of nitrogens with zero attached hydrogens (tertiary/aromatic N) is 2. The number of pyridine rings is 1. The van der Waals surface area contributed by atoms with Gasteiger partial charge in [0.2, 0.25) is 0 Å². The molecule has 0 unspecified atom stereocenters. The van der Waals surface area contributed by atoms with Crippen molar-refractivity contribution in [2.75, 3.05) is 38.7 Å². The van der Waals surface area contributed by atoms with Gasteiger partial charge in [-0.15, -0.1) is 11.8 Å². The maximum atomic E-state index is 6.22. The minimum absolute atomic E-state index is 0.461. The molecule has 0 aromatic carbocycles. The zero-order chi connectivity index (χ0) is 15.5. The number of thioether (sulfide) groups is 1. The lowest BCUT2D eigenvalue weighted by molar-refractivity contribution is -0.0133. The molecule has 1 aromatic rings. The third-order valence-electron chi connectivity index (χ3n) is 5.24. The minimum atomic E-state index is 0.461. The van der Waals surface area contributed by atoms with Crippen molar-refractivity contribution in [3.05, 3.63) is 30.1 Å². The molecule has 1 spiro atoms. The van der Waals surface area contributed by atoms with Crippen molar-refractivity contribution in [1.82, 2.24) is 9.88 Å². The van der Waals surface area contributed by atoms with Crippen LogP contribution in [0.5, 0.6) is 0 Å². The summed E-state index contributed by atoms with van der Waals surface area (Å²) in [4.78, 5) is 6.74. The van der Waals surface area contributed by atoms with E-state index in [1.807, 2.05) is 18.5 Å². The second kappa shape index (κ2) is 7.09. The summed E-state index contributed by atoms with van der Waals surface area (Å²) < 4.78 is 12.1. The van der Waals surface area contributed by atoms with Gasteiger partial charge < -0.3 is 9.47 Å². The van der Waals surface area contributed by atoms with Crippen molar-refractivity contribution in [3.8, 4) is 0 Å². The van der Waals surface area contributed by atoms with Gasteiger partial charge >= 0.3 is 0 Å². The number of aromatic nitrogens is 1. The van der Waals surface area contributed by atoms with Crippen LogP contribution in [-0.4, -0.2) is 59.4 Å². The molecule has 0 amide bonds. The van der Waals surface area contributed by atoms with E-state index in [2.05, 4.69) is 27.7 Å². The Labute approximate surface area is 142 Å². The molecule has 1 atom stereocenters. The summed E-state index contributed by atoms with van der Waals surface area (Å²) in [6, 6.07) is 4.19. The van der Waals surface area contributed by atoms with Crippen molar-refractivity contribution in [1.29, 1.82) is 0 Å². The normalized spacial score (nSPS) is 28.1. The zero-order valence-electron chi connectivity index (χ0n) is 13.7. The molecular weight excluding hydrogens is 308 g/mol. The maximum Gasteiger partial charge on any atom is 0.0680 e. The highest BCUT2D eigenvalue weighted by Gasteiger charge is 2.49. The van der Waals surface area contributed by atoms with Crippen LogP contribution in [-0.2, 0) is 16.0 Å². The Bertz CT molecular complexity index is 501.